The molecule has 2 saturated heterocycles. The number of hydrogen-bond acceptors (Lipinski definition) is 2. The van der Waals surface area contributed by atoms with Crippen LogP contribution in [0.25, 0.3) is 5.57 Å². The van der Waals surface area contributed by atoms with Gasteiger partial charge in [0, 0.05) is 35.6 Å². The van der Waals surface area contributed by atoms with E-state index in [1.807, 2.05) is 28.0 Å². The molecule has 5 rings (SSSR count). The van der Waals surface area contributed by atoms with Crippen molar-refractivity contribution in [2.75, 3.05) is 11.4 Å². The van der Waals surface area contributed by atoms with Crippen molar-refractivity contribution in [3.8, 4) is 0 Å². The van der Waals surface area contributed by atoms with Gasteiger partial charge in [0.1, 0.15) is 0 Å². The minimum absolute atomic E-state index is 0.0177. The minimum Gasteiger partial charge on any atom is -0.311 e. The lowest BCUT2D eigenvalue weighted by Crippen LogP contribution is -2.73. The Hall–Kier alpha value is -2.10. The number of rotatable bonds is 1. The Morgan fingerprint density at radius 1 is 1.17 bits per heavy atom. The van der Waals surface area contributed by atoms with Gasteiger partial charge in [-0.1, -0.05) is 25.1 Å². The number of piperidine rings is 2. The summed E-state index contributed by atoms with van der Waals surface area (Å²) in [7, 11) is 0. The summed E-state index contributed by atoms with van der Waals surface area (Å²) in [5.74, 6) is 0.234. The van der Waals surface area contributed by atoms with Crippen LogP contribution in [0.2, 0.25) is 0 Å². The van der Waals surface area contributed by atoms with Crippen LogP contribution < -0.4 is 4.90 Å². The number of fused-ring (bicyclic) bond motifs is 3. The molecule has 0 saturated carbocycles. The minimum atomic E-state index is -0.559. The van der Waals surface area contributed by atoms with Crippen LogP contribution in [0.1, 0.15) is 44.6 Å². The van der Waals surface area contributed by atoms with E-state index in [0.717, 1.165) is 49.1 Å². The van der Waals surface area contributed by atoms with Gasteiger partial charge < -0.3 is 4.90 Å². The van der Waals surface area contributed by atoms with Crippen molar-refractivity contribution in [2.45, 2.75) is 44.7 Å². The first-order valence-electron chi connectivity index (χ1n) is 8.62. The van der Waals surface area contributed by atoms with E-state index in [0.29, 0.717) is 6.42 Å². The summed E-state index contributed by atoms with van der Waals surface area (Å²) in [5, 5.41) is 0. The fraction of sp³-hybridized carbons (Fsp3) is 0.474. The van der Waals surface area contributed by atoms with Crippen LogP contribution >= 0.6 is 0 Å². The fourth-order valence-electron chi connectivity index (χ4n) is 5.69. The Bertz CT molecular complexity index is 783. The second-order valence-electron chi connectivity index (χ2n) is 7.20. The molecule has 1 spiro atoms. The predicted molar refractivity (Wildman–Crippen MR) is 87.5 cm³/mol. The van der Waals surface area contributed by atoms with E-state index in [-0.39, 0.29) is 17.2 Å². The van der Waals surface area contributed by atoms with E-state index >= 15 is 0 Å². The third kappa shape index (κ3) is 1.23. The molecule has 2 atom stereocenters. The van der Waals surface area contributed by atoms with Gasteiger partial charge in [-0.15, -0.1) is 0 Å². The van der Waals surface area contributed by atoms with E-state index in [2.05, 4.69) is 13.0 Å². The van der Waals surface area contributed by atoms with Crippen LogP contribution in [0.5, 0.6) is 0 Å². The Balaban J connectivity index is 1.88. The van der Waals surface area contributed by atoms with Gasteiger partial charge in [0.05, 0.1) is 5.69 Å². The van der Waals surface area contributed by atoms with Crippen LogP contribution in [0.15, 0.2) is 30.3 Å². The van der Waals surface area contributed by atoms with Crippen LogP contribution in [-0.4, -0.2) is 28.9 Å². The Morgan fingerprint density at radius 3 is 2.83 bits per heavy atom. The van der Waals surface area contributed by atoms with Crippen LogP contribution in [0, 0.1) is 5.41 Å². The van der Waals surface area contributed by atoms with Gasteiger partial charge in [0.15, 0.2) is 5.66 Å². The molecule has 1 aromatic rings. The third-order valence-electron chi connectivity index (χ3n) is 6.58. The standard InChI is InChI=1S/C19H20N2O2/c1-2-18-9-5-11-20-17(23)12-14-13-6-3-4-7-15(13)21(19(14,18)20)16(22)8-10-18/h3-4,6-7,12H,2,5,8-11H2,1H3/t18-,19+/m1/s1. The van der Waals surface area contributed by atoms with Crippen molar-refractivity contribution >= 4 is 23.1 Å². The molecule has 4 heteroatoms. The first kappa shape index (κ1) is 13.3. The topological polar surface area (TPSA) is 40.6 Å². The quantitative estimate of drug-likeness (QED) is 0.800. The van der Waals surface area contributed by atoms with Gasteiger partial charge in [-0.05, 0) is 31.7 Å². The van der Waals surface area contributed by atoms with Crippen LogP contribution in [0.4, 0.5) is 5.69 Å². The number of anilines is 1. The molecule has 2 fully saturated rings. The molecule has 4 heterocycles. The van der Waals surface area contributed by atoms with Gasteiger partial charge in [-0.25, -0.2) is 0 Å². The SMILES string of the molecule is CC[C@@]12CCCN3C(=O)C=C4c5ccccc5N(C(=O)CC1)[C@]432. The molecule has 4 aliphatic rings. The number of carbonyl (C=O) groups is 2. The van der Waals surface area contributed by atoms with E-state index in [4.69, 9.17) is 0 Å². The van der Waals surface area contributed by atoms with Crippen molar-refractivity contribution in [3.63, 3.8) is 0 Å². The zero-order valence-corrected chi connectivity index (χ0v) is 13.3. The highest BCUT2D eigenvalue weighted by Crippen LogP contribution is 2.66. The van der Waals surface area contributed by atoms with Crippen molar-refractivity contribution in [3.05, 3.63) is 35.9 Å². The van der Waals surface area contributed by atoms with Crippen molar-refractivity contribution in [1.82, 2.24) is 4.90 Å². The summed E-state index contributed by atoms with van der Waals surface area (Å²) in [5.41, 5.74) is 2.54. The zero-order valence-electron chi connectivity index (χ0n) is 13.3. The summed E-state index contributed by atoms with van der Waals surface area (Å²) in [4.78, 5) is 29.6. The summed E-state index contributed by atoms with van der Waals surface area (Å²) in [6.45, 7) is 2.97. The highest BCUT2D eigenvalue weighted by atomic mass is 16.2. The second kappa shape index (κ2) is 4.05. The summed E-state index contributed by atoms with van der Waals surface area (Å²) >= 11 is 0. The zero-order chi connectivity index (χ0) is 15.8. The van der Waals surface area contributed by atoms with Crippen LogP contribution in [-0.2, 0) is 9.59 Å². The first-order valence-corrected chi connectivity index (χ1v) is 8.62. The monoisotopic (exact) mass is 308 g/mol. The molecule has 0 unspecified atom stereocenters. The lowest BCUT2D eigenvalue weighted by atomic mass is 9.60. The number of hydrogen-bond donors (Lipinski definition) is 0. The number of benzene rings is 1. The molecule has 23 heavy (non-hydrogen) atoms. The maximum atomic E-state index is 12.9. The molecule has 0 aromatic heterocycles. The molecule has 2 amide bonds. The van der Waals surface area contributed by atoms with Gasteiger partial charge in [0.25, 0.3) is 0 Å². The second-order valence-corrected chi connectivity index (χ2v) is 7.20. The summed E-state index contributed by atoms with van der Waals surface area (Å²) < 4.78 is 0. The van der Waals surface area contributed by atoms with Crippen molar-refractivity contribution in [2.24, 2.45) is 5.41 Å². The van der Waals surface area contributed by atoms with Crippen molar-refractivity contribution < 1.29 is 9.59 Å². The van der Waals surface area contributed by atoms with Gasteiger partial charge >= 0.3 is 0 Å². The largest absolute Gasteiger partial charge is 0.311 e. The van der Waals surface area contributed by atoms with E-state index in [9.17, 15) is 9.59 Å². The molecule has 0 N–H and O–H groups in total. The molecule has 4 nitrogen and oxygen atoms in total. The summed E-state index contributed by atoms with van der Waals surface area (Å²) in [6.07, 6.45) is 6.37. The molecule has 4 aliphatic heterocycles. The molecule has 0 radical (unpaired) electrons. The smallest absolute Gasteiger partial charge is 0.249 e. The summed E-state index contributed by atoms with van der Waals surface area (Å²) in [6, 6.07) is 8.09. The molecule has 0 bridgehead atoms. The first-order chi connectivity index (χ1) is 11.2. The number of para-hydroxylation sites is 1. The van der Waals surface area contributed by atoms with Crippen molar-refractivity contribution in [1.29, 1.82) is 0 Å². The predicted octanol–water partition coefficient (Wildman–Crippen LogP) is 2.94. The number of amides is 2. The normalized spacial score (nSPS) is 34.2. The molecule has 118 valence electrons. The lowest BCUT2D eigenvalue weighted by Gasteiger charge is -2.61. The average Bonchev–Trinajstić information content (AvgIpc) is 3.02. The highest BCUT2D eigenvalue weighted by molar-refractivity contribution is 6.16. The average molecular weight is 308 g/mol. The molecule has 1 aromatic carbocycles. The van der Waals surface area contributed by atoms with Gasteiger partial charge in [-0.2, -0.15) is 0 Å². The van der Waals surface area contributed by atoms with E-state index in [1.54, 1.807) is 6.08 Å². The molecular weight excluding hydrogens is 288 g/mol. The van der Waals surface area contributed by atoms with Gasteiger partial charge in [-0.3, -0.25) is 14.5 Å². The fourth-order valence-corrected chi connectivity index (χ4v) is 5.69. The molecule has 0 aliphatic carbocycles. The van der Waals surface area contributed by atoms with Gasteiger partial charge in [0.2, 0.25) is 11.8 Å². The number of carbonyl (C=O) groups excluding carboxylic acids is 2. The Kier molecular flexibility index (Phi) is 2.35. The van der Waals surface area contributed by atoms with E-state index < -0.39 is 5.66 Å². The maximum absolute atomic E-state index is 12.9. The van der Waals surface area contributed by atoms with Crippen LogP contribution in [0.3, 0.4) is 0 Å². The third-order valence-corrected chi connectivity index (χ3v) is 6.58. The highest BCUT2D eigenvalue weighted by Gasteiger charge is 2.70. The Labute approximate surface area is 135 Å². The molecular formula is C19H20N2O2. The maximum Gasteiger partial charge on any atom is 0.249 e. The lowest BCUT2D eigenvalue weighted by molar-refractivity contribution is -0.145. The van der Waals surface area contributed by atoms with E-state index in [1.165, 1.54) is 0 Å². The number of nitrogens with zero attached hydrogens (tertiary/aromatic N) is 2. The Morgan fingerprint density at radius 2 is 2.00 bits per heavy atom.